The molecule has 4 nitrogen and oxygen atoms in total. The van der Waals surface area contributed by atoms with Crippen molar-refractivity contribution in [3.8, 4) is 11.4 Å². The van der Waals surface area contributed by atoms with E-state index in [1.54, 1.807) is 0 Å². The lowest BCUT2D eigenvalue weighted by Crippen LogP contribution is -2.24. The summed E-state index contributed by atoms with van der Waals surface area (Å²) in [6, 6.07) is 7.41. The van der Waals surface area contributed by atoms with E-state index in [1.165, 1.54) is 42.7 Å². The fraction of sp³-hybridized carbons (Fsp3) is 0.118. The highest BCUT2D eigenvalue weighted by Crippen LogP contribution is 2.32. The lowest BCUT2D eigenvalue weighted by molar-refractivity contribution is -0.141. The summed E-state index contributed by atoms with van der Waals surface area (Å²) >= 11 is 11.7. The number of benzene rings is 1. The molecule has 0 saturated heterocycles. The number of hydrogen-bond donors (Lipinski definition) is 1. The van der Waals surface area contributed by atoms with E-state index in [9.17, 15) is 18.0 Å². The number of nitrogens with one attached hydrogen (secondary N) is 1. The second kappa shape index (κ2) is 7.09. The van der Waals surface area contributed by atoms with Gasteiger partial charge in [-0.1, -0.05) is 29.3 Å². The third-order valence-corrected chi connectivity index (χ3v) is 4.32. The summed E-state index contributed by atoms with van der Waals surface area (Å²) in [5, 5.41) is 0.458. The van der Waals surface area contributed by atoms with Crippen molar-refractivity contribution in [2.75, 3.05) is 0 Å². The van der Waals surface area contributed by atoms with Crippen LogP contribution in [0.4, 0.5) is 13.2 Å². The summed E-state index contributed by atoms with van der Waals surface area (Å²) < 4.78 is 40.5. The number of aromatic amines is 1. The fourth-order valence-corrected chi connectivity index (χ4v) is 2.71. The Bertz CT molecular complexity index is 1000. The number of H-pyrrole nitrogens is 1. The van der Waals surface area contributed by atoms with Crippen molar-refractivity contribution in [3.63, 3.8) is 0 Å². The van der Waals surface area contributed by atoms with Crippen LogP contribution in [0.2, 0.25) is 10.0 Å². The van der Waals surface area contributed by atoms with Gasteiger partial charge in [-0.2, -0.15) is 13.2 Å². The van der Waals surface area contributed by atoms with Crippen LogP contribution in [0.15, 0.2) is 47.5 Å². The quantitative estimate of drug-likeness (QED) is 0.691. The molecule has 0 aliphatic carbocycles. The molecule has 3 rings (SSSR count). The number of rotatable bonds is 3. The van der Waals surface area contributed by atoms with Crippen LogP contribution in [0.3, 0.4) is 0 Å². The second-order valence-electron chi connectivity index (χ2n) is 5.41. The molecule has 3 aromatic rings. The van der Waals surface area contributed by atoms with Crippen molar-refractivity contribution in [3.05, 3.63) is 79.9 Å². The second-order valence-corrected chi connectivity index (χ2v) is 6.22. The van der Waals surface area contributed by atoms with E-state index < -0.39 is 23.0 Å². The molecule has 2 heterocycles. The molecule has 0 spiro atoms. The van der Waals surface area contributed by atoms with E-state index in [4.69, 9.17) is 23.2 Å². The van der Waals surface area contributed by atoms with Gasteiger partial charge < -0.3 is 4.98 Å². The molecule has 2 aromatic heterocycles. The number of halogens is 5. The first kappa shape index (κ1) is 18.4. The van der Waals surface area contributed by atoms with Crippen molar-refractivity contribution in [2.45, 2.75) is 12.6 Å². The molecule has 0 atom stereocenters. The average Bonchev–Trinajstić information content (AvgIpc) is 2.59. The zero-order valence-corrected chi connectivity index (χ0v) is 14.5. The lowest BCUT2D eigenvalue weighted by Gasteiger charge is -2.13. The molecule has 26 heavy (non-hydrogen) atoms. The van der Waals surface area contributed by atoms with Gasteiger partial charge in [-0.3, -0.25) is 9.78 Å². The lowest BCUT2D eigenvalue weighted by atomic mass is 10.0. The van der Waals surface area contributed by atoms with Gasteiger partial charge in [0.05, 0.1) is 15.6 Å². The normalized spacial score (nSPS) is 11.6. The SMILES string of the molecule is O=c1[nH]c(-c2cccnc2)nc(C(F)(F)F)c1Cc1ccc(Cl)c(Cl)c1. The van der Waals surface area contributed by atoms with Crippen molar-refractivity contribution < 1.29 is 13.2 Å². The van der Waals surface area contributed by atoms with Crippen molar-refractivity contribution in [1.29, 1.82) is 0 Å². The highest BCUT2D eigenvalue weighted by Gasteiger charge is 2.37. The van der Waals surface area contributed by atoms with E-state index >= 15 is 0 Å². The molecule has 1 aromatic carbocycles. The highest BCUT2D eigenvalue weighted by atomic mass is 35.5. The summed E-state index contributed by atoms with van der Waals surface area (Å²) in [6.07, 6.45) is -2.31. The minimum Gasteiger partial charge on any atom is -0.306 e. The molecule has 0 aliphatic rings. The molecule has 9 heteroatoms. The largest absolute Gasteiger partial charge is 0.433 e. The fourth-order valence-electron chi connectivity index (χ4n) is 2.39. The molecule has 0 bridgehead atoms. The van der Waals surface area contributed by atoms with E-state index in [2.05, 4.69) is 15.0 Å². The zero-order valence-electron chi connectivity index (χ0n) is 12.9. The Labute approximate surface area is 155 Å². The first-order valence-electron chi connectivity index (χ1n) is 7.30. The summed E-state index contributed by atoms with van der Waals surface area (Å²) in [4.78, 5) is 22.2. The van der Waals surface area contributed by atoms with Gasteiger partial charge in [0.15, 0.2) is 5.69 Å². The molecule has 0 fully saturated rings. The van der Waals surface area contributed by atoms with Crippen LogP contribution < -0.4 is 5.56 Å². The molecular formula is C17H10Cl2F3N3O. The number of pyridine rings is 1. The Morgan fingerprint density at radius 1 is 1.12 bits per heavy atom. The van der Waals surface area contributed by atoms with Gasteiger partial charge in [0.25, 0.3) is 5.56 Å². The molecule has 0 aliphatic heterocycles. The maximum atomic E-state index is 13.5. The van der Waals surface area contributed by atoms with Gasteiger partial charge in [0.2, 0.25) is 0 Å². The zero-order chi connectivity index (χ0) is 18.9. The standard InChI is InChI=1S/C17H10Cl2F3N3O/c18-12-4-3-9(7-13(12)19)6-11-14(17(20,21)22)24-15(25-16(11)26)10-2-1-5-23-8-10/h1-5,7-8H,6H2,(H,24,25,26). The Morgan fingerprint density at radius 3 is 2.50 bits per heavy atom. The number of alkyl halides is 3. The Hall–Kier alpha value is -2.38. The minimum absolute atomic E-state index is 0.189. The number of nitrogens with zero attached hydrogens (tertiary/aromatic N) is 2. The van der Waals surface area contributed by atoms with Crippen LogP contribution in [0.25, 0.3) is 11.4 Å². The minimum atomic E-state index is -4.79. The molecular weight excluding hydrogens is 390 g/mol. The highest BCUT2D eigenvalue weighted by molar-refractivity contribution is 6.42. The van der Waals surface area contributed by atoms with Crippen LogP contribution in [0.5, 0.6) is 0 Å². The first-order chi connectivity index (χ1) is 12.3. The average molecular weight is 400 g/mol. The van der Waals surface area contributed by atoms with E-state index in [0.29, 0.717) is 5.56 Å². The molecule has 134 valence electrons. The van der Waals surface area contributed by atoms with E-state index in [0.717, 1.165) is 0 Å². The molecule has 0 saturated carbocycles. The molecule has 0 radical (unpaired) electrons. The molecule has 0 amide bonds. The van der Waals surface area contributed by atoms with Crippen LogP contribution in [-0.2, 0) is 12.6 Å². The van der Waals surface area contributed by atoms with Crippen LogP contribution >= 0.6 is 23.2 Å². The monoisotopic (exact) mass is 399 g/mol. The topological polar surface area (TPSA) is 58.6 Å². The summed E-state index contributed by atoms with van der Waals surface area (Å²) in [7, 11) is 0. The molecule has 0 unspecified atom stereocenters. The van der Waals surface area contributed by atoms with Crippen molar-refractivity contribution in [2.24, 2.45) is 0 Å². The van der Waals surface area contributed by atoms with Gasteiger partial charge in [-0.15, -0.1) is 0 Å². The Balaban J connectivity index is 2.12. The van der Waals surface area contributed by atoms with Crippen LogP contribution in [0, 0.1) is 0 Å². The van der Waals surface area contributed by atoms with Crippen LogP contribution in [-0.4, -0.2) is 15.0 Å². The summed E-state index contributed by atoms with van der Waals surface area (Å²) in [6.45, 7) is 0. The number of aromatic nitrogens is 3. The predicted molar refractivity (Wildman–Crippen MR) is 92.4 cm³/mol. The maximum Gasteiger partial charge on any atom is 0.433 e. The van der Waals surface area contributed by atoms with Crippen molar-refractivity contribution >= 4 is 23.2 Å². The van der Waals surface area contributed by atoms with Gasteiger partial charge in [0, 0.05) is 24.4 Å². The maximum absolute atomic E-state index is 13.5. The third kappa shape index (κ3) is 3.89. The number of hydrogen-bond acceptors (Lipinski definition) is 3. The van der Waals surface area contributed by atoms with E-state index in [1.807, 2.05) is 0 Å². The Kier molecular flexibility index (Phi) is 5.02. The van der Waals surface area contributed by atoms with Crippen LogP contribution in [0.1, 0.15) is 16.8 Å². The van der Waals surface area contributed by atoms with Gasteiger partial charge in [0.1, 0.15) is 5.82 Å². The third-order valence-electron chi connectivity index (χ3n) is 3.58. The summed E-state index contributed by atoms with van der Waals surface area (Å²) in [5.41, 5.74) is -1.94. The van der Waals surface area contributed by atoms with Gasteiger partial charge >= 0.3 is 6.18 Å². The Morgan fingerprint density at radius 2 is 1.88 bits per heavy atom. The van der Waals surface area contributed by atoms with E-state index in [-0.39, 0.29) is 27.9 Å². The first-order valence-corrected chi connectivity index (χ1v) is 8.06. The predicted octanol–water partition coefficient (Wildman–Crippen LogP) is 4.75. The van der Waals surface area contributed by atoms with Gasteiger partial charge in [-0.25, -0.2) is 4.98 Å². The molecule has 1 N–H and O–H groups in total. The van der Waals surface area contributed by atoms with Crippen molar-refractivity contribution in [1.82, 2.24) is 15.0 Å². The smallest absolute Gasteiger partial charge is 0.306 e. The van der Waals surface area contributed by atoms with Gasteiger partial charge in [-0.05, 0) is 29.8 Å². The summed E-state index contributed by atoms with van der Waals surface area (Å²) in [5.74, 6) is -0.201.